The van der Waals surface area contributed by atoms with E-state index in [0.29, 0.717) is 0 Å². The Hall–Kier alpha value is -1.18. The van der Waals surface area contributed by atoms with Crippen LogP contribution in [0.4, 0.5) is 0 Å². The second-order valence-electron chi connectivity index (χ2n) is 1.66. The molecule has 7 nitrogen and oxygen atoms in total. The smallest absolute Gasteiger partial charge is 0.356 e. The molecule has 7 heteroatoms. The molecule has 0 aliphatic heterocycles. The first kappa shape index (κ1) is 9.82. The number of carboxylic acids is 1. The van der Waals surface area contributed by atoms with Gasteiger partial charge in [0.1, 0.15) is 0 Å². The molecule has 0 heterocycles. The van der Waals surface area contributed by atoms with E-state index in [2.05, 4.69) is 10.7 Å². The summed E-state index contributed by atoms with van der Waals surface area (Å²) in [6.45, 7) is 0. The van der Waals surface area contributed by atoms with E-state index in [0.717, 1.165) is 0 Å². The van der Waals surface area contributed by atoms with Crippen LogP contribution in [-0.2, 0) is 14.4 Å². The van der Waals surface area contributed by atoms with Gasteiger partial charge in [0.2, 0.25) is 0 Å². The van der Waals surface area contributed by atoms with Gasteiger partial charge in [-0.05, 0) is 0 Å². The summed E-state index contributed by atoms with van der Waals surface area (Å²) in [5.74, 6) is 1.16. The van der Waals surface area contributed by atoms with Gasteiger partial charge in [-0.2, -0.15) is 5.90 Å². The summed E-state index contributed by atoms with van der Waals surface area (Å²) in [5.41, 5.74) is 0. The number of aliphatic hydroxyl groups is 2. The van der Waals surface area contributed by atoms with Gasteiger partial charge in [-0.25, -0.2) is 9.59 Å². The molecule has 0 aromatic rings. The van der Waals surface area contributed by atoms with Crippen molar-refractivity contribution in [2.75, 3.05) is 0 Å². The van der Waals surface area contributed by atoms with Crippen LogP contribution in [0.5, 0.6) is 0 Å². The number of aliphatic carboxylic acids is 1. The zero-order valence-electron chi connectivity index (χ0n) is 5.30. The number of rotatable bonds is 3. The van der Waals surface area contributed by atoms with Gasteiger partial charge in [0.05, 0.1) is 0 Å². The van der Waals surface area contributed by atoms with Crippen molar-refractivity contribution in [2.24, 2.45) is 5.90 Å². The van der Waals surface area contributed by atoms with Crippen molar-refractivity contribution in [1.82, 2.24) is 0 Å². The fourth-order valence-electron chi connectivity index (χ4n) is 0.334. The summed E-state index contributed by atoms with van der Waals surface area (Å²) in [4.78, 5) is 23.6. The van der Waals surface area contributed by atoms with Gasteiger partial charge in [0.15, 0.2) is 12.2 Å². The Kier molecular flexibility index (Phi) is 3.45. The van der Waals surface area contributed by atoms with Crippen LogP contribution in [0.3, 0.4) is 0 Å². The SMILES string of the molecule is NOC(=O)C(O)C(O)C(=O)O. The van der Waals surface area contributed by atoms with E-state index < -0.39 is 24.1 Å². The van der Waals surface area contributed by atoms with E-state index in [1.54, 1.807) is 0 Å². The van der Waals surface area contributed by atoms with Crippen molar-refractivity contribution < 1.29 is 29.7 Å². The lowest BCUT2D eigenvalue weighted by atomic mass is 10.2. The minimum absolute atomic E-state index is 1.40. The molecule has 0 bridgehead atoms. The lowest BCUT2D eigenvalue weighted by Crippen LogP contribution is -2.41. The Balaban J connectivity index is 4.12. The predicted octanol–water partition coefficient (Wildman–Crippen LogP) is -2.79. The van der Waals surface area contributed by atoms with Crippen molar-refractivity contribution in [3.8, 4) is 0 Å². The van der Waals surface area contributed by atoms with Crippen LogP contribution >= 0.6 is 0 Å². The fourth-order valence-corrected chi connectivity index (χ4v) is 0.334. The number of carbonyl (C=O) groups is 2. The molecule has 0 fully saturated rings. The van der Waals surface area contributed by atoms with Gasteiger partial charge in [0, 0.05) is 0 Å². The van der Waals surface area contributed by atoms with Gasteiger partial charge in [-0.3, -0.25) is 0 Å². The third-order valence-electron chi connectivity index (χ3n) is 0.910. The lowest BCUT2D eigenvalue weighted by Gasteiger charge is -2.09. The third-order valence-corrected chi connectivity index (χ3v) is 0.910. The molecule has 64 valence electrons. The summed E-state index contributed by atoms with van der Waals surface area (Å²) in [6, 6.07) is 0. The first-order chi connectivity index (χ1) is 5.00. The van der Waals surface area contributed by atoms with Crippen molar-refractivity contribution >= 4 is 11.9 Å². The monoisotopic (exact) mass is 165 g/mol. The van der Waals surface area contributed by atoms with Crippen LogP contribution in [-0.4, -0.2) is 39.5 Å². The zero-order chi connectivity index (χ0) is 9.02. The second-order valence-corrected chi connectivity index (χ2v) is 1.66. The number of hydrogen-bond donors (Lipinski definition) is 4. The highest BCUT2D eigenvalue weighted by Gasteiger charge is 2.30. The van der Waals surface area contributed by atoms with Gasteiger partial charge in [-0.15, -0.1) is 0 Å². The van der Waals surface area contributed by atoms with E-state index in [9.17, 15) is 9.59 Å². The van der Waals surface area contributed by atoms with Crippen LogP contribution in [0.1, 0.15) is 0 Å². The van der Waals surface area contributed by atoms with Gasteiger partial charge >= 0.3 is 11.9 Å². The number of carbonyl (C=O) groups excluding carboxylic acids is 1. The van der Waals surface area contributed by atoms with E-state index in [4.69, 9.17) is 15.3 Å². The second kappa shape index (κ2) is 3.86. The van der Waals surface area contributed by atoms with Gasteiger partial charge in [-0.1, -0.05) is 0 Å². The molecule has 0 spiro atoms. The summed E-state index contributed by atoms with van der Waals surface area (Å²) in [6.07, 6.45) is -4.37. The van der Waals surface area contributed by atoms with Crippen molar-refractivity contribution in [2.45, 2.75) is 12.2 Å². The molecule has 0 saturated heterocycles. The Labute approximate surface area is 60.9 Å². The highest BCUT2D eigenvalue weighted by Crippen LogP contribution is 1.94. The summed E-state index contributed by atoms with van der Waals surface area (Å²) < 4.78 is 0. The van der Waals surface area contributed by atoms with Crippen molar-refractivity contribution in [1.29, 1.82) is 0 Å². The molecule has 0 radical (unpaired) electrons. The normalized spacial score (nSPS) is 15.2. The molecule has 0 amide bonds. The predicted molar refractivity (Wildman–Crippen MR) is 29.9 cm³/mol. The third kappa shape index (κ3) is 2.50. The summed E-state index contributed by atoms with van der Waals surface area (Å²) in [5, 5.41) is 25.1. The molecule has 0 aromatic carbocycles. The largest absolute Gasteiger partial charge is 0.479 e. The first-order valence-corrected chi connectivity index (χ1v) is 2.50. The molecule has 0 rings (SSSR count). The Bertz CT molecular complexity index is 168. The average Bonchev–Trinajstić information content (AvgIpc) is 2.00. The molecule has 11 heavy (non-hydrogen) atoms. The van der Waals surface area contributed by atoms with Crippen molar-refractivity contribution in [3.05, 3.63) is 0 Å². The van der Waals surface area contributed by atoms with Crippen LogP contribution in [0.25, 0.3) is 0 Å². The van der Waals surface area contributed by atoms with Crippen LogP contribution in [0, 0.1) is 0 Å². The highest BCUT2D eigenvalue weighted by molar-refractivity contribution is 5.83. The topological polar surface area (TPSA) is 130 Å². The molecule has 5 N–H and O–H groups in total. The minimum Gasteiger partial charge on any atom is -0.479 e. The van der Waals surface area contributed by atoms with Crippen molar-refractivity contribution in [3.63, 3.8) is 0 Å². The maximum Gasteiger partial charge on any atom is 0.356 e. The number of nitrogens with two attached hydrogens (primary N) is 1. The molecule has 0 aliphatic carbocycles. The first-order valence-electron chi connectivity index (χ1n) is 2.50. The molecule has 2 atom stereocenters. The van der Waals surface area contributed by atoms with Crippen LogP contribution < -0.4 is 5.90 Å². The molecule has 0 saturated carbocycles. The van der Waals surface area contributed by atoms with Gasteiger partial charge < -0.3 is 20.2 Å². The lowest BCUT2D eigenvalue weighted by molar-refractivity contribution is -0.170. The Morgan fingerprint density at radius 1 is 1.27 bits per heavy atom. The van der Waals surface area contributed by atoms with Crippen LogP contribution in [0.2, 0.25) is 0 Å². The Morgan fingerprint density at radius 2 is 1.73 bits per heavy atom. The van der Waals surface area contributed by atoms with E-state index in [1.807, 2.05) is 0 Å². The number of carboxylic acid groups (broad SMARTS) is 1. The number of aliphatic hydroxyl groups excluding tert-OH is 2. The molecular formula is C4H7NO6. The van der Waals surface area contributed by atoms with E-state index >= 15 is 0 Å². The summed E-state index contributed by atoms with van der Waals surface area (Å²) >= 11 is 0. The minimum atomic E-state index is -2.22. The maximum absolute atomic E-state index is 10.2. The quantitative estimate of drug-likeness (QED) is 0.332. The maximum atomic E-state index is 10.2. The average molecular weight is 165 g/mol. The molecule has 2 unspecified atom stereocenters. The highest BCUT2D eigenvalue weighted by atomic mass is 16.7. The van der Waals surface area contributed by atoms with Gasteiger partial charge in [0.25, 0.3) is 0 Å². The Morgan fingerprint density at radius 3 is 2.00 bits per heavy atom. The van der Waals surface area contributed by atoms with Crippen LogP contribution in [0.15, 0.2) is 0 Å². The molecule has 0 aromatic heterocycles. The molecule has 0 aliphatic rings. The van der Waals surface area contributed by atoms with E-state index in [-0.39, 0.29) is 0 Å². The fraction of sp³-hybridized carbons (Fsp3) is 0.500. The van der Waals surface area contributed by atoms with E-state index in [1.165, 1.54) is 0 Å². The standard InChI is InChI=1S/C4H7NO6/c5-11-4(10)2(7)1(6)3(8)9/h1-2,6-7H,5H2,(H,8,9). The number of hydrogen-bond acceptors (Lipinski definition) is 6. The zero-order valence-corrected chi connectivity index (χ0v) is 5.30. The molecular weight excluding hydrogens is 158 g/mol. The summed E-state index contributed by atoms with van der Waals surface area (Å²) in [7, 11) is 0.